The predicted molar refractivity (Wildman–Crippen MR) is 130 cm³/mol. The lowest BCUT2D eigenvalue weighted by Crippen LogP contribution is -2.62. The standard InChI is InChI=1S/C29H25F4NO4/c30-26-10-9-17(29(31,32)33)11-25(26)28(36)12-18-14-37-15-19(13-28)34(18)27(35)38-16-24-22-7-3-1-5-20(22)21-6-2-4-8-23(21)24/h1-11,18-19,24,36H,12-16H2. The number of carbonyl (C=O) groups excluding carboxylic acids is 1. The summed E-state index contributed by atoms with van der Waals surface area (Å²) in [5.74, 6) is -1.06. The summed E-state index contributed by atoms with van der Waals surface area (Å²) in [6, 6.07) is 16.6. The van der Waals surface area contributed by atoms with Crippen LogP contribution >= 0.6 is 0 Å². The highest BCUT2D eigenvalue weighted by atomic mass is 19.4. The lowest BCUT2D eigenvalue weighted by Gasteiger charge is -2.51. The van der Waals surface area contributed by atoms with Crippen molar-refractivity contribution in [2.75, 3.05) is 19.8 Å². The SMILES string of the molecule is O=C(OCC1c2ccccc2-c2ccccc21)N1C2COCC1CC(O)(c1cc(C(F)(F)F)ccc1F)C2. The van der Waals surface area contributed by atoms with Crippen LogP contribution in [0.2, 0.25) is 0 Å². The molecule has 2 saturated heterocycles. The zero-order valence-corrected chi connectivity index (χ0v) is 20.2. The second kappa shape index (κ2) is 9.10. The number of hydrogen-bond acceptors (Lipinski definition) is 4. The first-order chi connectivity index (χ1) is 18.2. The number of nitrogens with zero attached hydrogens (tertiary/aromatic N) is 1. The summed E-state index contributed by atoms with van der Waals surface area (Å²) in [6.07, 6.45) is -5.62. The largest absolute Gasteiger partial charge is 0.448 e. The number of rotatable bonds is 3. The molecule has 3 aliphatic rings. The molecular weight excluding hydrogens is 502 g/mol. The lowest BCUT2D eigenvalue weighted by molar-refractivity contribution is -0.141. The molecule has 5 nitrogen and oxygen atoms in total. The Morgan fingerprint density at radius 3 is 2.13 bits per heavy atom. The van der Waals surface area contributed by atoms with Gasteiger partial charge in [-0.2, -0.15) is 13.2 Å². The molecule has 2 unspecified atom stereocenters. The van der Waals surface area contributed by atoms with Crippen molar-refractivity contribution >= 4 is 6.09 Å². The summed E-state index contributed by atoms with van der Waals surface area (Å²) < 4.78 is 66.0. The second-order valence-electron chi connectivity index (χ2n) is 10.2. The van der Waals surface area contributed by atoms with E-state index >= 15 is 0 Å². The number of piperidine rings is 1. The Labute approximate surface area is 216 Å². The van der Waals surface area contributed by atoms with Gasteiger partial charge in [-0.25, -0.2) is 9.18 Å². The van der Waals surface area contributed by atoms with Crippen molar-refractivity contribution in [1.29, 1.82) is 0 Å². The van der Waals surface area contributed by atoms with Crippen LogP contribution in [0.15, 0.2) is 66.7 Å². The maximum atomic E-state index is 14.7. The fourth-order valence-electron chi connectivity index (χ4n) is 6.22. The van der Waals surface area contributed by atoms with Crippen molar-refractivity contribution in [2.24, 2.45) is 0 Å². The van der Waals surface area contributed by atoms with Crippen LogP contribution in [-0.2, 0) is 21.3 Å². The van der Waals surface area contributed by atoms with Gasteiger partial charge in [0.05, 0.1) is 36.5 Å². The monoisotopic (exact) mass is 527 g/mol. The number of amides is 1. The van der Waals surface area contributed by atoms with Crippen molar-refractivity contribution < 1.29 is 36.9 Å². The van der Waals surface area contributed by atoms with E-state index in [0.29, 0.717) is 12.1 Å². The molecule has 2 bridgehead atoms. The smallest absolute Gasteiger partial charge is 0.416 e. The Balaban J connectivity index is 1.22. The van der Waals surface area contributed by atoms with Crippen LogP contribution in [-0.4, -0.2) is 48.0 Å². The lowest BCUT2D eigenvalue weighted by atomic mass is 9.76. The number of fused-ring (bicyclic) bond motifs is 5. The van der Waals surface area contributed by atoms with Crippen molar-refractivity contribution in [3.63, 3.8) is 0 Å². The van der Waals surface area contributed by atoms with E-state index in [2.05, 4.69) is 0 Å². The minimum atomic E-state index is -4.68. The van der Waals surface area contributed by atoms with Crippen LogP contribution in [0, 0.1) is 5.82 Å². The molecule has 2 fully saturated rings. The van der Waals surface area contributed by atoms with Gasteiger partial charge in [0, 0.05) is 24.3 Å². The number of hydrogen-bond donors (Lipinski definition) is 1. The molecular formula is C29H25F4NO4. The van der Waals surface area contributed by atoms with Crippen LogP contribution in [0.1, 0.15) is 41.0 Å². The van der Waals surface area contributed by atoms with Gasteiger partial charge in [0.2, 0.25) is 0 Å². The Hall–Kier alpha value is -3.43. The van der Waals surface area contributed by atoms with Crippen LogP contribution < -0.4 is 0 Å². The topological polar surface area (TPSA) is 59.0 Å². The average Bonchev–Trinajstić information content (AvgIpc) is 3.20. The minimum Gasteiger partial charge on any atom is -0.448 e. The summed E-state index contributed by atoms with van der Waals surface area (Å²) in [5.41, 5.74) is 0.987. The summed E-state index contributed by atoms with van der Waals surface area (Å²) >= 11 is 0. The van der Waals surface area contributed by atoms with E-state index in [4.69, 9.17) is 9.47 Å². The molecule has 1 N–H and O–H groups in total. The average molecular weight is 528 g/mol. The van der Waals surface area contributed by atoms with Gasteiger partial charge >= 0.3 is 12.3 Å². The van der Waals surface area contributed by atoms with Crippen LogP contribution in [0.5, 0.6) is 0 Å². The molecule has 0 radical (unpaired) electrons. The molecule has 1 amide bonds. The molecule has 3 aromatic rings. The zero-order chi connectivity index (χ0) is 26.7. The third-order valence-electron chi connectivity index (χ3n) is 7.90. The van der Waals surface area contributed by atoms with Gasteiger partial charge in [0.1, 0.15) is 12.4 Å². The number of ether oxygens (including phenoxy) is 2. The van der Waals surface area contributed by atoms with Crippen LogP contribution in [0.25, 0.3) is 11.1 Å². The third kappa shape index (κ3) is 4.14. The van der Waals surface area contributed by atoms with E-state index in [1.165, 1.54) is 4.90 Å². The molecule has 0 saturated carbocycles. The molecule has 2 atom stereocenters. The molecule has 9 heteroatoms. The summed E-state index contributed by atoms with van der Waals surface area (Å²) in [5, 5.41) is 11.4. The summed E-state index contributed by atoms with van der Waals surface area (Å²) in [6.45, 7) is 0.226. The van der Waals surface area contributed by atoms with Gasteiger partial charge in [0.15, 0.2) is 0 Å². The fourth-order valence-corrected chi connectivity index (χ4v) is 6.22. The molecule has 3 aromatic carbocycles. The van der Waals surface area contributed by atoms with Gasteiger partial charge in [-0.05, 0) is 40.5 Å². The van der Waals surface area contributed by atoms with Gasteiger partial charge in [-0.1, -0.05) is 48.5 Å². The van der Waals surface area contributed by atoms with Gasteiger partial charge in [-0.15, -0.1) is 0 Å². The van der Waals surface area contributed by atoms with Crippen molar-refractivity contribution in [2.45, 2.75) is 42.6 Å². The molecule has 0 aromatic heterocycles. The number of benzene rings is 3. The van der Waals surface area contributed by atoms with Gasteiger partial charge < -0.3 is 14.6 Å². The third-order valence-corrected chi connectivity index (χ3v) is 7.90. The van der Waals surface area contributed by atoms with Crippen molar-refractivity contribution in [1.82, 2.24) is 4.90 Å². The van der Waals surface area contributed by atoms with E-state index < -0.39 is 46.9 Å². The van der Waals surface area contributed by atoms with E-state index in [9.17, 15) is 27.5 Å². The van der Waals surface area contributed by atoms with Gasteiger partial charge in [-0.3, -0.25) is 4.90 Å². The normalized spacial score (nSPS) is 24.6. The predicted octanol–water partition coefficient (Wildman–Crippen LogP) is 5.84. The van der Waals surface area contributed by atoms with Gasteiger partial charge in [0.25, 0.3) is 0 Å². The molecule has 6 rings (SSSR count). The highest BCUT2D eigenvalue weighted by Crippen LogP contribution is 2.46. The number of aliphatic hydroxyl groups is 1. The Morgan fingerprint density at radius 2 is 1.55 bits per heavy atom. The Kier molecular flexibility index (Phi) is 5.96. The first-order valence-corrected chi connectivity index (χ1v) is 12.5. The van der Waals surface area contributed by atoms with Crippen LogP contribution in [0.4, 0.5) is 22.4 Å². The maximum Gasteiger partial charge on any atom is 0.416 e. The molecule has 0 spiro atoms. The number of halogens is 4. The second-order valence-corrected chi connectivity index (χ2v) is 10.2. The maximum absolute atomic E-state index is 14.7. The zero-order valence-electron chi connectivity index (χ0n) is 20.2. The fraction of sp³-hybridized carbons (Fsp3) is 0.345. The highest BCUT2D eigenvalue weighted by Gasteiger charge is 2.51. The summed E-state index contributed by atoms with van der Waals surface area (Å²) in [4.78, 5) is 14.8. The van der Waals surface area contributed by atoms with E-state index in [0.717, 1.165) is 28.3 Å². The van der Waals surface area contributed by atoms with E-state index in [1.54, 1.807) is 0 Å². The van der Waals surface area contributed by atoms with Crippen LogP contribution in [0.3, 0.4) is 0 Å². The number of morpholine rings is 1. The first-order valence-electron chi connectivity index (χ1n) is 12.5. The quantitative estimate of drug-likeness (QED) is 0.435. The minimum absolute atomic E-state index is 0.0591. The first kappa shape index (κ1) is 24.9. The highest BCUT2D eigenvalue weighted by molar-refractivity contribution is 5.79. The van der Waals surface area contributed by atoms with E-state index in [1.807, 2.05) is 48.5 Å². The number of alkyl halides is 3. The molecule has 1 aliphatic carbocycles. The van der Waals surface area contributed by atoms with Crippen molar-refractivity contribution in [3.05, 3.63) is 94.8 Å². The molecule has 2 heterocycles. The van der Waals surface area contributed by atoms with Crippen molar-refractivity contribution in [3.8, 4) is 11.1 Å². The Morgan fingerprint density at radius 1 is 0.974 bits per heavy atom. The molecule has 198 valence electrons. The van der Waals surface area contributed by atoms with E-state index in [-0.39, 0.29) is 38.6 Å². The molecule has 2 aliphatic heterocycles. The molecule has 38 heavy (non-hydrogen) atoms. The number of carbonyl (C=O) groups is 1. The summed E-state index contributed by atoms with van der Waals surface area (Å²) in [7, 11) is 0. The Bertz CT molecular complexity index is 1330.